The SMILES string of the molecule is CC1(O)C=CC=CC1C(=O)Nc1ccccc1. The van der Waals surface area contributed by atoms with Crippen molar-refractivity contribution in [2.45, 2.75) is 12.5 Å². The number of carbonyl (C=O) groups is 1. The molecule has 0 aliphatic heterocycles. The molecule has 17 heavy (non-hydrogen) atoms. The highest BCUT2D eigenvalue weighted by atomic mass is 16.3. The van der Waals surface area contributed by atoms with Gasteiger partial charge in [0, 0.05) is 5.69 Å². The molecule has 0 saturated heterocycles. The van der Waals surface area contributed by atoms with E-state index >= 15 is 0 Å². The third kappa shape index (κ3) is 2.63. The Hall–Kier alpha value is -1.87. The van der Waals surface area contributed by atoms with Gasteiger partial charge < -0.3 is 10.4 Å². The lowest BCUT2D eigenvalue weighted by atomic mass is 9.85. The number of hydrogen-bond acceptors (Lipinski definition) is 2. The lowest BCUT2D eigenvalue weighted by Gasteiger charge is -2.28. The molecule has 0 aromatic heterocycles. The summed E-state index contributed by atoms with van der Waals surface area (Å²) < 4.78 is 0. The Morgan fingerprint density at radius 2 is 2.00 bits per heavy atom. The van der Waals surface area contributed by atoms with E-state index in [-0.39, 0.29) is 5.91 Å². The third-order valence-corrected chi connectivity index (χ3v) is 2.80. The van der Waals surface area contributed by atoms with Gasteiger partial charge in [0.1, 0.15) is 0 Å². The minimum Gasteiger partial charge on any atom is -0.385 e. The summed E-state index contributed by atoms with van der Waals surface area (Å²) in [5, 5.41) is 12.9. The van der Waals surface area contributed by atoms with Gasteiger partial charge in [-0.25, -0.2) is 0 Å². The number of rotatable bonds is 2. The first-order valence-corrected chi connectivity index (χ1v) is 5.54. The molecule has 2 unspecified atom stereocenters. The maximum Gasteiger partial charge on any atom is 0.234 e. The van der Waals surface area contributed by atoms with Crippen molar-refractivity contribution in [2.75, 3.05) is 5.32 Å². The first-order valence-electron chi connectivity index (χ1n) is 5.54. The van der Waals surface area contributed by atoms with Crippen LogP contribution >= 0.6 is 0 Å². The Morgan fingerprint density at radius 1 is 1.29 bits per heavy atom. The fourth-order valence-electron chi connectivity index (χ4n) is 1.82. The van der Waals surface area contributed by atoms with Crippen LogP contribution in [0, 0.1) is 5.92 Å². The average molecular weight is 229 g/mol. The molecule has 0 bridgehead atoms. The fraction of sp³-hybridized carbons (Fsp3) is 0.214. The van der Waals surface area contributed by atoms with E-state index < -0.39 is 11.5 Å². The van der Waals surface area contributed by atoms with Crippen LogP contribution in [0.3, 0.4) is 0 Å². The van der Waals surface area contributed by atoms with Crippen molar-refractivity contribution in [1.82, 2.24) is 0 Å². The van der Waals surface area contributed by atoms with E-state index in [1.165, 1.54) is 0 Å². The van der Waals surface area contributed by atoms with Crippen LogP contribution in [0.25, 0.3) is 0 Å². The zero-order chi connectivity index (χ0) is 12.3. The molecule has 88 valence electrons. The number of amides is 1. The molecule has 1 aromatic rings. The Balaban J connectivity index is 2.11. The summed E-state index contributed by atoms with van der Waals surface area (Å²) in [6, 6.07) is 9.22. The van der Waals surface area contributed by atoms with Gasteiger partial charge in [-0.2, -0.15) is 0 Å². The first-order chi connectivity index (χ1) is 8.09. The van der Waals surface area contributed by atoms with Crippen molar-refractivity contribution in [1.29, 1.82) is 0 Å². The van der Waals surface area contributed by atoms with E-state index in [1.807, 2.05) is 30.3 Å². The van der Waals surface area contributed by atoms with Crippen LogP contribution < -0.4 is 5.32 Å². The monoisotopic (exact) mass is 229 g/mol. The van der Waals surface area contributed by atoms with Crippen LogP contribution in [-0.4, -0.2) is 16.6 Å². The molecule has 0 radical (unpaired) electrons. The largest absolute Gasteiger partial charge is 0.385 e. The van der Waals surface area contributed by atoms with E-state index in [2.05, 4.69) is 5.32 Å². The summed E-state index contributed by atoms with van der Waals surface area (Å²) in [4.78, 5) is 12.0. The Morgan fingerprint density at radius 3 is 2.65 bits per heavy atom. The van der Waals surface area contributed by atoms with Crippen LogP contribution in [0.2, 0.25) is 0 Å². The molecule has 0 fully saturated rings. The number of allylic oxidation sites excluding steroid dienone is 2. The Labute approximate surface area is 100 Å². The van der Waals surface area contributed by atoms with Gasteiger partial charge >= 0.3 is 0 Å². The molecule has 3 nitrogen and oxygen atoms in total. The second-order valence-corrected chi connectivity index (χ2v) is 4.30. The molecular formula is C14H15NO2. The number of benzene rings is 1. The van der Waals surface area contributed by atoms with Crippen LogP contribution in [-0.2, 0) is 4.79 Å². The molecule has 1 aliphatic rings. The summed E-state index contributed by atoms with van der Waals surface area (Å²) in [6.07, 6.45) is 6.85. The number of hydrogen-bond donors (Lipinski definition) is 2. The molecule has 2 rings (SSSR count). The molecule has 3 heteroatoms. The predicted octanol–water partition coefficient (Wildman–Crippen LogP) is 2.12. The standard InChI is InChI=1S/C14H15NO2/c1-14(17)10-6-5-9-12(14)13(16)15-11-7-3-2-4-8-11/h2-10,12,17H,1H3,(H,15,16). The Kier molecular flexibility index (Phi) is 3.11. The van der Waals surface area contributed by atoms with Crippen molar-refractivity contribution in [3.05, 3.63) is 54.6 Å². The van der Waals surface area contributed by atoms with Crippen LogP contribution in [0.5, 0.6) is 0 Å². The van der Waals surface area contributed by atoms with Gasteiger partial charge in [0.2, 0.25) is 5.91 Å². The fourth-order valence-corrected chi connectivity index (χ4v) is 1.82. The minimum absolute atomic E-state index is 0.207. The van der Waals surface area contributed by atoms with Gasteiger partial charge in [-0.05, 0) is 19.1 Å². The van der Waals surface area contributed by atoms with Crippen molar-refractivity contribution in [2.24, 2.45) is 5.92 Å². The molecule has 2 atom stereocenters. The molecule has 0 saturated carbocycles. The van der Waals surface area contributed by atoms with Crippen molar-refractivity contribution in [3.63, 3.8) is 0 Å². The summed E-state index contributed by atoms with van der Waals surface area (Å²) in [5.74, 6) is -0.769. The van der Waals surface area contributed by atoms with E-state index in [0.717, 1.165) is 5.69 Å². The zero-order valence-corrected chi connectivity index (χ0v) is 9.63. The quantitative estimate of drug-likeness (QED) is 0.816. The summed E-state index contributed by atoms with van der Waals surface area (Å²) in [5.41, 5.74) is -0.399. The van der Waals surface area contributed by atoms with Gasteiger partial charge in [-0.3, -0.25) is 4.79 Å². The lowest BCUT2D eigenvalue weighted by Crippen LogP contribution is -2.40. The highest BCUT2D eigenvalue weighted by molar-refractivity contribution is 5.94. The smallest absolute Gasteiger partial charge is 0.234 e. The van der Waals surface area contributed by atoms with Crippen molar-refractivity contribution >= 4 is 11.6 Å². The summed E-state index contributed by atoms with van der Waals surface area (Å²) in [7, 11) is 0. The van der Waals surface area contributed by atoms with Gasteiger partial charge in [-0.1, -0.05) is 42.5 Å². The highest BCUT2D eigenvalue weighted by Crippen LogP contribution is 2.25. The van der Waals surface area contributed by atoms with Crippen LogP contribution in [0.4, 0.5) is 5.69 Å². The van der Waals surface area contributed by atoms with E-state index in [1.54, 1.807) is 31.2 Å². The van der Waals surface area contributed by atoms with Crippen LogP contribution in [0.1, 0.15) is 6.92 Å². The maximum atomic E-state index is 12.0. The third-order valence-electron chi connectivity index (χ3n) is 2.80. The zero-order valence-electron chi connectivity index (χ0n) is 9.63. The minimum atomic E-state index is -1.13. The second kappa shape index (κ2) is 4.55. The average Bonchev–Trinajstić information content (AvgIpc) is 2.29. The van der Waals surface area contributed by atoms with Gasteiger partial charge in [0.25, 0.3) is 0 Å². The summed E-state index contributed by atoms with van der Waals surface area (Å²) in [6.45, 7) is 1.63. The normalized spacial score (nSPS) is 26.8. The molecule has 2 N–H and O–H groups in total. The number of aliphatic hydroxyl groups is 1. The maximum absolute atomic E-state index is 12.0. The van der Waals surface area contributed by atoms with E-state index in [0.29, 0.717) is 0 Å². The number of nitrogens with one attached hydrogen (secondary N) is 1. The van der Waals surface area contributed by atoms with Gasteiger partial charge in [0.05, 0.1) is 11.5 Å². The van der Waals surface area contributed by atoms with Gasteiger partial charge in [0.15, 0.2) is 0 Å². The molecule has 1 aromatic carbocycles. The predicted molar refractivity (Wildman–Crippen MR) is 67.5 cm³/mol. The number of para-hydroxylation sites is 1. The van der Waals surface area contributed by atoms with Crippen molar-refractivity contribution in [3.8, 4) is 0 Å². The molecule has 1 amide bonds. The summed E-state index contributed by atoms with van der Waals surface area (Å²) >= 11 is 0. The van der Waals surface area contributed by atoms with Gasteiger partial charge in [-0.15, -0.1) is 0 Å². The van der Waals surface area contributed by atoms with E-state index in [4.69, 9.17) is 0 Å². The number of anilines is 1. The van der Waals surface area contributed by atoms with Crippen molar-refractivity contribution < 1.29 is 9.90 Å². The first kappa shape index (κ1) is 11.6. The topological polar surface area (TPSA) is 49.3 Å². The lowest BCUT2D eigenvalue weighted by molar-refractivity contribution is -0.123. The molecule has 0 spiro atoms. The van der Waals surface area contributed by atoms with E-state index in [9.17, 15) is 9.90 Å². The molecule has 0 heterocycles. The highest BCUT2D eigenvalue weighted by Gasteiger charge is 2.34. The Bertz CT molecular complexity index is 460. The van der Waals surface area contributed by atoms with Crippen LogP contribution in [0.15, 0.2) is 54.6 Å². The second-order valence-electron chi connectivity index (χ2n) is 4.30. The number of carbonyl (C=O) groups excluding carboxylic acids is 1. The molecular weight excluding hydrogens is 214 g/mol. The molecule has 1 aliphatic carbocycles.